The molecular formula is C13H16ClIN2O. The van der Waals surface area contributed by atoms with E-state index in [0.717, 1.165) is 16.5 Å². The predicted octanol–water partition coefficient (Wildman–Crippen LogP) is 2.75. The number of nitrogens with two attached hydrogens (primary N) is 1. The minimum Gasteiger partial charge on any atom is -0.336 e. The molecule has 2 N–H and O–H groups in total. The molecule has 18 heavy (non-hydrogen) atoms. The van der Waals surface area contributed by atoms with Crippen molar-refractivity contribution in [1.29, 1.82) is 0 Å². The third kappa shape index (κ3) is 2.81. The van der Waals surface area contributed by atoms with Gasteiger partial charge in [0.2, 0.25) is 0 Å². The van der Waals surface area contributed by atoms with Crippen molar-refractivity contribution >= 4 is 40.1 Å². The zero-order chi connectivity index (χ0) is 13.3. The quantitative estimate of drug-likeness (QED) is 0.805. The lowest BCUT2D eigenvalue weighted by Gasteiger charge is -2.22. The second-order valence-electron chi connectivity index (χ2n) is 4.77. The Morgan fingerprint density at radius 3 is 2.89 bits per heavy atom. The standard InChI is InChI=1S/C13H16ClIN2O/c1-8-4-9(6-16)7-17(8)13(18)11-3-2-10(15)5-12(11)14/h2-3,5,8-9H,4,6-7,16H2,1H3. The maximum absolute atomic E-state index is 12.4. The molecule has 0 saturated carbocycles. The number of amides is 1. The fraction of sp³-hybridized carbons (Fsp3) is 0.462. The van der Waals surface area contributed by atoms with E-state index in [9.17, 15) is 4.79 Å². The number of nitrogens with zero attached hydrogens (tertiary/aromatic N) is 1. The number of likely N-dealkylation sites (tertiary alicyclic amines) is 1. The van der Waals surface area contributed by atoms with E-state index in [2.05, 4.69) is 29.5 Å². The molecule has 0 aliphatic carbocycles. The highest BCUT2D eigenvalue weighted by Gasteiger charge is 2.32. The first kappa shape index (κ1) is 14.1. The zero-order valence-corrected chi connectivity index (χ0v) is 13.1. The lowest BCUT2D eigenvalue weighted by molar-refractivity contribution is 0.0743. The largest absolute Gasteiger partial charge is 0.336 e. The van der Waals surface area contributed by atoms with Crippen molar-refractivity contribution in [3.63, 3.8) is 0 Å². The molecule has 1 aromatic rings. The van der Waals surface area contributed by atoms with Crippen LogP contribution in [0.1, 0.15) is 23.7 Å². The first-order chi connectivity index (χ1) is 8.52. The number of carbonyl (C=O) groups excluding carboxylic acids is 1. The van der Waals surface area contributed by atoms with Gasteiger partial charge in [0.05, 0.1) is 10.6 Å². The van der Waals surface area contributed by atoms with Crippen LogP contribution in [0.25, 0.3) is 0 Å². The van der Waals surface area contributed by atoms with Gasteiger partial charge in [-0.15, -0.1) is 0 Å². The van der Waals surface area contributed by atoms with E-state index in [-0.39, 0.29) is 11.9 Å². The Hall–Kier alpha value is -0.330. The molecule has 0 radical (unpaired) electrons. The topological polar surface area (TPSA) is 46.3 Å². The smallest absolute Gasteiger partial charge is 0.255 e. The summed E-state index contributed by atoms with van der Waals surface area (Å²) in [5.74, 6) is 0.423. The Bertz CT molecular complexity index is 466. The van der Waals surface area contributed by atoms with E-state index in [0.29, 0.717) is 23.0 Å². The van der Waals surface area contributed by atoms with Gasteiger partial charge in [0, 0.05) is 16.2 Å². The zero-order valence-electron chi connectivity index (χ0n) is 10.2. The average molecular weight is 379 g/mol. The second-order valence-corrected chi connectivity index (χ2v) is 6.42. The number of halogens is 2. The van der Waals surface area contributed by atoms with Crippen LogP contribution in [0.15, 0.2) is 18.2 Å². The molecule has 98 valence electrons. The van der Waals surface area contributed by atoms with Gasteiger partial charge in [-0.1, -0.05) is 11.6 Å². The Balaban J connectivity index is 2.21. The normalized spacial score (nSPS) is 23.4. The lowest BCUT2D eigenvalue weighted by atomic mass is 10.1. The van der Waals surface area contributed by atoms with Crippen molar-refractivity contribution < 1.29 is 4.79 Å². The second kappa shape index (κ2) is 5.75. The van der Waals surface area contributed by atoms with Crippen LogP contribution < -0.4 is 5.73 Å². The van der Waals surface area contributed by atoms with Crippen LogP contribution in [-0.2, 0) is 0 Å². The summed E-state index contributed by atoms with van der Waals surface area (Å²) >= 11 is 8.33. The number of carbonyl (C=O) groups is 1. The van der Waals surface area contributed by atoms with Crippen molar-refractivity contribution in [2.45, 2.75) is 19.4 Å². The number of rotatable bonds is 2. The summed E-state index contributed by atoms with van der Waals surface area (Å²) in [5, 5.41) is 0.523. The Morgan fingerprint density at radius 1 is 1.61 bits per heavy atom. The molecule has 1 aliphatic rings. The summed E-state index contributed by atoms with van der Waals surface area (Å²) < 4.78 is 1.03. The third-order valence-corrected chi connectivity index (χ3v) is 4.40. The van der Waals surface area contributed by atoms with Gasteiger partial charge in [-0.3, -0.25) is 4.79 Å². The minimum atomic E-state index is 0.0138. The molecule has 2 unspecified atom stereocenters. The van der Waals surface area contributed by atoms with Gasteiger partial charge in [0.25, 0.3) is 5.91 Å². The van der Waals surface area contributed by atoms with Crippen LogP contribution in [0, 0.1) is 9.49 Å². The van der Waals surface area contributed by atoms with Crippen molar-refractivity contribution in [1.82, 2.24) is 4.90 Å². The van der Waals surface area contributed by atoms with Crippen molar-refractivity contribution in [3.05, 3.63) is 32.4 Å². The third-order valence-electron chi connectivity index (χ3n) is 3.42. The molecule has 5 heteroatoms. The molecule has 1 aromatic carbocycles. The van der Waals surface area contributed by atoms with Crippen LogP contribution in [0.2, 0.25) is 5.02 Å². The Kier molecular flexibility index (Phi) is 4.50. The van der Waals surface area contributed by atoms with Crippen molar-refractivity contribution in [2.24, 2.45) is 11.7 Å². The predicted molar refractivity (Wildman–Crippen MR) is 81.8 cm³/mol. The molecule has 2 atom stereocenters. The number of benzene rings is 1. The first-order valence-corrected chi connectivity index (χ1v) is 7.44. The molecule has 0 bridgehead atoms. The van der Waals surface area contributed by atoms with Crippen LogP contribution in [-0.4, -0.2) is 29.9 Å². The molecule has 0 aromatic heterocycles. The molecule has 2 rings (SSSR count). The van der Waals surface area contributed by atoms with E-state index >= 15 is 0 Å². The van der Waals surface area contributed by atoms with Gasteiger partial charge in [-0.25, -0.2) is 0 Å². The SMILES string of the molecule is CC1CC(CN)CN1C(=O)c1ccc(I)cc1Cl. The number of hydrogen-bond donors (Lipinski definition) is 1. The van der Waals surface area contributed by atoms with E-state index in [1.165, 1.54) is 0 Å². The van der Waals surface area contributed by atoms with E-state index in [1.807, 2.05) is 17.0 Å². The fourth-order valence-electron chi connectivity index (χ4n) is 2.41. The van der Waals surface area contributed by atoms with Crippen LogP contribution in [0.3, 0.4) is 0 Å². The molecule has 1 saturated heterocycles. The molecule has 3 nitrogen and oxygen atoms in total. The summed E-state index contributed by atoms with van der Waals surface area (Å²) in [7, 11) is 0. The van der Waals surface area contributed by atoms with E-state index in [1.54, 1.807) is 6.07 Å². The maximum atomic E-state index is 12.4. The molecule has 1 aliphatic heterocycles. The summed E-state index contributed by atoms with van der Waals surface area (Å²) in [5.41, 5.74) is 6.27. The first-order valence-electron chi connectivity index (χ1n) is 5.99. The maximum Gasteiger partial charge on any atom is 0.255 e. The highest BCUT2D eigenvalue weighted by Crippen LogP contribution is 2.27. The monoisotopic (exact) mass is 378 g/mol. The Morgan fingerprint density at radius 2 is 2.33 bits per heavy atom. The Labute approximate surface area is 126 Å². The summed E-state index contributed by atoms with van der Waals surface area (Å²) in [6, 6.07) is 5.76. The highest BCUT2D eigenvalue weighted by atomic mass is 127. The minimum absolute atomic E-state index is 0.0138. The van der Waals surface area contributed by atoms with E-state index < -0.39 is 0 Å². The van der Waals surface area contributed by atoms with Gasteiger partial charge < -0.3 is 10.6 Å². The summed E-state index contributed by atoms with van der Waals surface area (Å²) in [6.45, 7) is 3.43. The molecule has 1 heterocycles. The fourth-order valence-corrected chi connectivity index (χ4v) is 3.35. The molecule has 1 amide bonds. The lowest BCUT2D eigenvalue weighted by Crippen LogP contribution is -2.34. The van der Waals surface area contributed by atoms with Gasteiger partial charge in [-0.05, 0) is 66.6 Å². The molecular weight excluding hydrogens is 363 g/mol. The van der Waals surface area contributed by atoms with Gasteiger partial charge in [0.15, 0.2) is 0 Å². The van der Waals surface area contributed by atoms with Gasteiger partial charge >= 0.3 is 0 Å². The summed E-state index contributed by atoms with van der Waals surface area (Å²) in [4.78, 5) is 14.3. The van der Waals surface area contributed by atoms with Crippen molar-refractivity contribution in [2.75, 3.05) is 13.1 Å². The van der Waals surface area contributed by atoms with Crippen molar-refractivity contribution in [3.8, 4) is 0 Å². The highest BCUT2D eigenvalue weighted by molar-refractivity contribution is 14.1. The van der Waals surface area contributed by atoms with Gasteiger partial charge in [0.1, 0.15) is 0 Å². The molecule has 1 fully saturated rings. The van der Waals surface area contributed by atoms with Gasteiger partial charge in [-0.2, -0.15) is 0 Å². The van der Waals surface area contributed by atoms with Crippen LogP contribution >= 0.6 is 34.2 Å². The summed E-state index contributed by atoms with van der Waals surface area (Å²) in [6.07, 6.45) is 0.976. The molecule has 0 spiro atoms. The van der Waals surface area contributed by atoms with Crippen LogP contribution in [0.5, 0.6) is 0 Å². The average Bonchev–Trinajstić information content (AvgIpc) is 2.70. The number of hydrogen-bond acceptors (Lipinski definition) is 2. The van der Waals surface area contributed by atoms with Crippen LogP contribution in [0.4, 0.5) is 0 Å². The van der Waals surface area contributed by atoms with E-state index in [4.69, 9.17) is 17.3 Å².